The van der Waals surface area contributed by atoms with E-state index in [-0.39, 0.29) is 11.8 Å². The largest absolute Gasteiger partial charge is 0.492 e. The third kappa shape index (κ3) is 3.86. The van der Waals surface area contributed by atoms with Crippen molar-refractivity contribution in [2.45, 2.75) is 33.1 Å². The topological polar surface area (TPSA) is 70.6 Å². The van der Waals surface area contributed by atoms with Gasteiger partial charge in [0.25, 0.3) is 5.91 Å². The first-order chi connectivity index (χ1) is 14.1. The first-order valence-electron chi connectivity index (χ1n) is 10.5. The lowest BCUT2D eigenvalue weighted by atomic mass is 10.0. The molecule has 0 aliphatic carbocycles. The molecule has 2 aromatic rings. The highest BCUT2D eigenvalue weighted by atomic mass is 16.5. The predicted molar refractivity (Wildman–Crippen MR) is 114 cm³/mol. The van der Waals surface area contributed by atoms with Crippen molar-refractivity contribution in [3.8, 4) is 5.75 Å². The first kappa shape index (κ1) is 19.5. The number of nitrogens with zero attached hydrogens (tertiary/aromatic N) is 4. The molecular formula is C22H29N5O2. The van der Waals surface area contributed by atoms with E-state index in [1.165, 1.54) is 0 Å². The molecular weight excluding hydrogens is 366 g/mol. The zero-order valence-corrected chi connectivity index (χ0v) is 17.4. The molecule has 1 aromatic heterocycles. The van der Waals surface area contributed by atoms with Crippen LogP contribution in [0.2, 0.25) is 0 Å². The lowest BCUT2D eigenvalue weighted by Crippen LogP contribution is -2.48. The highest BCUT2D eigenvalue weighted by Gasteiger charge is 2.29. The highest BCUT2D eigenvalue weighted by molar-refractivity contribution is 5.96. The van der Waals surface area contributed by atoms with E-state index in [9.17, 15) is 4.79 Å². The van der Waals surface area contributed by atoms with E-state index in [2.05, 4.69) is 46.1 Å². The molecule has 0 spiro atoms. The highest BCUT2D eigenvalue weighted by Crippen LogP contribution is 2.31. The van der Waals surface area contributed by atoms with Crippen LogP contribution in [0.1, 0.15) is 48.6 Å². The second-order valence-electron chi connectivity index (χ2n) is 7.77. The van der Waals surface area contributed by atoms with Crippen LogP contribution in [0.5, 0.6) is 5.75 Å². The number of hydrogen-bond donors (Lipinski definition) is 1. The van der Waals surface area contributed by atoms with Gasteiger partial charge in [-0.3, -0.25) is 4.79 Å². The minimum absolute atomic E-state index is 0.0823. The van der Waals surface area contributed by atoms with Crippen LogP contribution in [0.4, 0.5) is 11.5 Å². The van der Waals surface area contributed by atoms with E-state index in [4.69, 9.17) is 9.72 Å². The summed E-state index contributed by atoms with van der Waals surface area (Å²) in [5.41, 5.74) is 2.68. The average Bonchev–Trinajstić information content (AvgIpc) is 2.74. The Kier molecular flexibility index (Phi) is 5.56. The Morgan fingerprint density at radius 3 is 2.55 bits per heavy atom. The summed E-state index contributed by atoms with van der Waals surface area (Å²) in [6, 6.07) is 8.21. The van der Waals surface area contributed by atoms with Crippen LogP contribution in [0.3, 0.4) is 0 Å². The van der Waals surface area contributed by atoms with Crippen LogP contribution >= 0.6 is 0 Å². The molecule has 4 rings (SSSR count). The maximum absolute atomic E-state index is 12.4. The molecule has 2 aliphatic heterocycles. The molecule has 1 fully saturated rings. The minimum atomic E-state index is -0.0823. The van der Waals surface area contributed by atoms with Crippen molar-refractivity contribution in [3.05, 3.63) is 41.3 Å². The van der Waals surface area contributed by atoms with Gasteiger partial charge in [0.15, 0.2) is 0 Å². The fourth-order valence-electron chi connectivity index (χ4n) is 3.97. The summed E-state index contributed by atoms with van der Waals surface area (Å²) in [6.45, 7) is 10.9. The molecule has 0 radical (unpaired) electrons. The van der Waals surface area contributed by atoms with Gasteiger partial charge >= 0.3 is 0 Å². The fourth-order valence-corrected chi connectivity index (χ4v) is 3.97. The summed E-state index contributed by atoms with van der Waals surface area (Å²) < 4.78 is 5.81. The summed E-state index contributed by atoms with van der Waals surface area (Å²) in [5, 5.41) is 2.91. The Labute approximate surface area is 172 Å². The van der Waals surface area contributed by atoms with E-state index >= 15 is 0 Å². The number of ether oxygens (including phenoxy) is 1. The van der Waals surface area contributed by atoms with Gasteiger partial charge < -0.3 is 19.9 Å². The fraction of sp³-hybridized carbons (Fsp3) is 0.500. The number of carbonyl (C=O) groups excluding carboxylic acids is 1. The second kappa shape index (κ2) is 8.27. The van der Waals surface area contributed by atoms with Crippen molar-refractivity contribution in [1.29, 1.82) is 0 Å². The number of fused-ring (bicyclic) bond motifs is 1. The normalized spacial score (nSPS) is 16.6. The maximum atomic E-state index is 12.4. The molecule has 1 amide bonds. The van der Waals surface area contributed by atoms with E-state index in [0.29, 0.717) is 18.8 Å². The van der Waals surface area contributed by atoms with Crippen molar-refractivity contribution in [2.75, 3.05) is 49.1 Å². The summed E-state index contributed by atoms with van der Waals surface area (Å²) in [6.07, 6.45) is 0.780. The molecule has 3 heterocycles. The number of amides is 1. The molecule has 1 N–H and O–H groups in total. The minimum Gasteiger partial charge on any atom is -0.492 e. The molecule has 0 unspecified atom stereocenters. The Morgan fingerprint density at radius 1 is 1.10 bits per heavy atom. The molecule has 0 saturated carbocycles. The van der Waals surface area contributed by atoms with Crippen LogP contribution in [0.25, 0.3) is 0 Å². The zero-order chi connectivity index (χ0) is 20.4. The predicted octanol–water partition coefficient (Wildman–Crippen LogP) is 2.61. The molecule has 1 aromatic carbocycles. The number of benzene rings is 1. The number of anilines is 2. The Hall–Kier alpha value is -2.83. The Bertz CT molecular complexity index is 891. The SMILES string of the molecule is CCOc1ccccc1N1CCN(c2nc(C(C)C)nc3c2CCNC3=O)CC1. The van der Waals surface area contributed by atoms with Crippen molar-refractivity contribution < 1.29 is 9.53 Å². The van der Waals surface area contributed by atoms with E-state index in [1.54, 1.807) is 0 Å². The summed E-state index contributed by atoms with van der Waals surface area (Å²) in [4.78, 5) is 26.5. The number of carbonyl (C=O) groups is 1. The number of nitrogens with one attached hydrogen (secondary N) is 1. The Balaban J connectivity index is 1.58. The van der Waals surface area contributed by atoms with Gasteiger partial charge in [0, 0.05) is 44.2 Å². The second-order valence-corrected chi connectivity index (χ2v) is 7.77. The van der Waals surface area contributed by atoms with Gasteiger partial charge in [-0.15, -0.1) is 0 Å². The van der Waals surface area contributed by atoms with Gasteiger partial charge in [0.2, 0.25) is 0 Å². The van der Waals surface area contributed by atoms with Crippen LogP contribution in [-0.4, -0.2) is 55.2 Å². The molecule has 0 bridgehead atoms. The molecule has 154 valence electrons. The van der Waals surface area contributed by atoms with Gasteiger partial charge in [-0.2, -0.15) is 0 Å². The van der Waals surface area contributed by atoms with Crippen molar-refractivity contribution in [2.24, 2.45) is 0 Å². The smallest absolute Gasteiger partial charge is 0.270 e. The van der Waals surface area contributed by atoms with Gasteiger partial charge in [0.1, 0.15) is 23.1 Å². The molecule has 1 saturated heterocycles. The van der Waals surface area contributed by atoms with Crippen molar-refractivity contribution >= 4 is 17.4 Å². The molecule has 7 nitrogen and oxygen atoms in total. The maximum Gasteiger partial charge on any atom is 0.270 e. The zero-order valence-electron chi connectivity index (χ0n) is 17.4. The van der Waals surface area contributed by atoms with Gasteiger partial charge in [-0.05, 0) is 25.5 Å². The standard InChI is InChI=1S/C22H29N5O2/c1-4-29-18-8-6-5-7-17(18)26-11-13-27(14-12-26)21-16-9-10-23-22(28)19(16)24-20(25-21)15(2)3/h5-8,15H,4,9-14H2,1-3H3,(H,23,28). The van der Waals surface area contributed by atoms with Gasteiger partial charge in [-0.1, -0.05) is 26.0 Å². The number of aromatic nitrogens is 2. The van der Waals surface area contributed by atoms with Crippen LogP contribution < -0.4 is 19.9 Å². The molecule has 0 atom stereocenters. The number of piperazine rings is 1. The molecule has 29 heavy (non-hydrogen) atoms. The lowest BCUT2D eigenvalue weighted by Gasteiger charge is -2.38. The van der Waals surface area contributed by atoms with E-state index < -0.39 is 0 Å². The van der Waals surface area contributed by atoms with Crippen molar-refractivity contribution in [1.82, 2.24) is 15.3 Å². The van der Waals surface area contributed by atoms with Crippen LogP contribution in [-0.2, 0) is 6.42 Å². The first-order valence-corrected chi connectivity index (χ1v) is 10.5. The van der Waals surface area contributed by atoms with Crippen LogP contribution in [0, 0.1) is 0 Å². The number of hydrogen-bond acceptors (Lipinski definition) is 6. The third-order valence-corrected chi connectivity index (χ3v) is 5.48. The van der Waals surface area contributed by atoms with E-state index in [0.717, 1.165) is 61.2 Å². The summed E-state index contributed by atoms with van der Waals surface area (Å²) >= 11 is 0. The summed E-state index contributed by atoms with van der Waals surface area (Å²) in [7, 11) is 0. The average molecular weight is 396 g/mol. The monoisotopic (exact) mass is 395 g/mol. The Morgan fingerprint density at radius 2 is 1.83 bits per heavy atom. The third-order valence-electron chi connectivity index (χ3n) is 5.48. The number of rotatable bonds is 5. The van der Waals surface area contributed by atoms with E-state index in [1.807, 2.05) is 19.1 Å². The van der Waals surface area contributed by atoms with Crippen LogP contribution in [0.15, 0.2) is 24.3 Å². The van der Waals surface area contributed by atoms with Gasteiger partial charge in [0.05, 0.1) is 12.3 Å². The summed E-state index contributed by atoms with van der Waals surface area (Å²) in [5.74, 6) is 2.70. The van der Waals surface area contributed by atoms with Crippen molar-refractivity contribution in [3.63, 3.8) is 0 Å². The quantitative estimate of drug-likeness (QED) is 0.839. The molecule has 7 heteroatoms. The molecule has 2 aliphatic rings. The van der Waals surface area contributed by atoms with Gasteiger partial charge in [-0.25, -0.2) is 9.97 Å². The number of para-hydroxylation sites is 2. The lowest BCUT2D eigenvalue weighted by molar-refractivity contribution is 0.0940.